The van der Waals surface area contributed by atoms with Gasteiger partial charge in [0.2, 0.25) is 0 Å². The molecule has 0 spiro atoms. The predicted octanol–water partition coefficient (Wildman–Crippen LogP) is 3.87. The van der Waals surface area contributed by atoms with E-state index < -0.39 is 17.5 Å². The Kier molecular flexibility index (Phi) is 4.27. The van der Waals surface area contributed by atoms with Crippen LogP contribution < -0.4 is 5.32 Å². The van der Waals surface area contributed by atoms with Gasteiger partial charge in [-0.3, -0.25) is 0 Å². The molecule has 1 nitrogen and oxygen atoms in total. The Labute approximate surface area is 105 Å². The first-order valence-electron chi connectivity index (χ1n) is 6.54. The summed E-state index contributed by atoms with van der Waals surface area (Å²) in [5.41, 5.74) is 0.554. The van der Waals surface area contributed by atoms with E-state index in [2.05, 4.69) is 5.32 Å². The second-order valence-electron chi connectivity index (χ2n) is 4.80. The minimum atomic E-state index is -1.09. The minimum Gasteiger partial charge on any atom is -0.310 e. The molecular formula is C14H18F3N. The average molecular weight is 257 g/mol. The predicted molar refractivity (Wildman–Crippen MR) is 64.9 cm³/mol. The Bertz CT molecular complexity index is 432. The molecule has 4 heteroatoms. The molecule has 1 N–H and O–H groups in total. The fourth-order valence-corrected chi connectivity index (χ4v) is 2.59. The average Bonchev–Trinajstić information content (AvgIpc) is 2.56. The summed E-state index contributed by atoms with van der Waals surface area (Å²) < 4.78 is 41.0. The lowest BCUT2D eigenvalue weighted by Crippen LogP contribution is -2.24. The smallest absolute Gasteiger partial charge is 0.164 e. The number of rotatable bonds is 3. The normalized spacial score (nSPS) is 19.4. The molecule has 0 saturated heterocycles. The van der Waals surface area contributed by atoms with Crippen molar-refractivity contribution in [3.05, 3.63) is 34.6 Å². The van der Waals surface area contributed by atoms with E-state index in [9.17, 15) is 13.2 Å². The number of nitrogens with one attached hydrogen (secondary N) is 1. The van der Waals surface area contributed by atoms with Gasteiger partial charge in [0.25, 0.3) is 0 Å². The summed E-state index contributed by atoms with van der Waals surface area (Å²) in [6.07, 6.45) is 3.84. The Morgan fingerprint density at radius 2 is 2.00 bits per heavy atom. The van der Waals surface area contributed by atoms with Gasteiger partial charge in [-0.15, -0.1) is 0 Å². The molecule has 1 atom stereocenters. The molecule has 0 heterocycles. The Balaban J connectivity index is 2.44. The van der Waals surface area contributed by atoms with Crippen molar-refractivity contribution < 1.29 is 13.2 Å². The molecule has 0 aromatic heterocycles. The summed E-state index contributed by atoms with van der Waals surface area (Å²) in [7, 11) is 0. The van der Waals surface area contributed by atoms with Crippen molar-refractivity contribution in [3.63, 3.8) is 0 Å². The molecule has 1 unspecified atom stereocenters. The van der Waals surface area contributed by atoms with Crippen LogP contribution in [0.4, 0.5) is 13.2 Å². The molecule has 2 rings (SSSR count). The van der Waals surface area contributed by atoms with E-state index in [1.165, 1.54) is 0 Å². The minimum absolute atomic E-state index is 0.207. The van der Waals surface area contributed by atoms with Gasteiger partial charge in [-0.05, 0) is 37.8 Å². The molecule has 0 fully saturated rings. The van der Waals surface area contributed by atoms with Gasteiger partial charge in [-0.25, -0.2) is 13.2 Å². The maximum atomic E-state index is 13.9. The molecule has 1 aliphatic rings. The van der Waals surface area contributed by atoms with Gasteiger partial charge in [0.05, 0.1) is 0 Å². The summed E-state index contributed by atoms with van der Waals surface area (Å²) in [5, 5.41) is 3.19. The number of hydrogen-bond donors (Lipinski definition) is 1. The summed E-state index contributed by atoms with van der Waals surface area (Å²) in [5.74, 6) is -2.59. The third-order valence-electron chi connectivity index (χ3n) is 3.47. The van der Waals surface area contributed by atoms with Crippen molar-refractivity contribution in [1.82, 2.24) is 5.32 Å². The highest BCUT2D eigenvalue weighted by Crippen LogP contribution is 2.33. The third kappa shape index (κ3) is 2.53. The summed E-state index contributed by atoms with van der Waals surface area (Å²) in [6, 6.07) is 0.392. The monoisotopic (exact) mass is 257 g/mol. The number of halogens is 3. The van der Waals surface area contributed by atoms with E-state index in [1.807, 2.05) is 6.92 Å². The van der Waals surface area contributed by atoms with Gasteiger partial charge in [-0.1, -0.05) is 13.3 Å². The lowest BCUT2D eigenvalue weighted by Gasteiger charge is -2.20. The van der Waals surface area contributed by atoms with Crippen molar-refractivity contribution in [3.8, 4) is 0 Å². The highest BCUT2D eigenvalue weighted by atomic mass is 19.2. The first kappa shape index (κ1) is 13.4. The van der Waals surface area contributed by atoms with Crippen molar-refractivity contribution in [2.75, 3.05) is 6.54 Å². The second kappa shape index (κ2) is 5.74. The zero-order valence-electron chi connectivity index (χ0n) is 10.5. The molecule has 0 amide bonds. The molecule has 1 aliphatic carbocycles. The fraction of sp³-hybridized carbons (Fsp3) is 0.571. The summed E-state index contributed by atoms with van der Waals surface area (Å²) in [6.45, 7) is 2.73. The Morgan fingerprint density at radius 3 is 2.72 bits per heavy atom. The van der Waals surface area contributed by atoms with Crippen LogP contribution in [0.3, 0.4) is 0 Å². The van der Waals surface area contributed by atoms with Crippen LogP contribution in [-0.2, 0) is 6.42 Å². The molecule has 0 bridgehead atoms. The van der Waals surface area contributed by atoms with Gasteiger partial charge < -0.3 is 5.32 Å². The van der Waals surface area contributed by atoms with Crippen molar-refractivity contribution in [1.29, 1.82) is 0 Å². The molecule has 0 saturated carbocycles. The van der Waals surface area contributed by atoms with Crippen LogP contribution in [0.1, 0.15) is 49.8 Å². The lowest BCUT2D eigenvalue weighted by atomic mass is 9.97. The highest BCUT2D eigenvalue weighted by molar-refractivity contribution is 5.34. The van der Waals surface area contributed by atoms with Crippen LogP contribution in [0.15, 0.2) is 6.07 Å². The number of benzene rings is 1. The van der Waals surface area contributed by atoms with Crippen molar-refractivity contribution in [2.24, 2.45) is 0 Å². The van der Waals surface area contributed by atoms with Gasteiger partial charge in [0.15, 0.2) is 11.6 Å². The van der Waals surface area contributed by atoms with Gasteiger partial charge in [0.1, 0.15) is 5.82 Å². The number of hydrogen-bond acceptors (Lipinski definition) is 1. The van der Waals surface area contributed by atoms with E-state index in [-0.39, 0.29) is 11.6 Å². The maximum Gasteiger partial charge on any atom is 0.164 e. The third-order valence-corrected chi connectivity index (χ3v) is 3.47. The summed E-state index contributed by atoms with van der Waals surface area (Å²) in [4.78, 5) is 0. The fourth-order valence-electron chi connectivity index (χ4n) is 2.59. The largest absolute Gasteiger partial charge is 0.310 e. The Hall–Kier alpha value is -1.03. The quantitative estimate of drug-likeness (QED) is 0.640. The van der Waals surface area contributed by atoms with Crippen LogP contribution in [0.2, 0.25) is 0 Å². The van der Waals surface area contributed by atoms with Crippen molar-refractivity contribution >= 4 is 0 Å². The van der Waals surface area contributed by atoms with E-state index in [0.29, 0.717) is 18.1 Å². The molecule has 0 aliphatic heterocycles. The van der Waals surface area contributed by atoms with Crippen LogP contribution in [0.25, 0.3) is 0 Å². The zero-order chi connectivity index (χ0) is 13.1. The molecule has 1 aromatic rings. The maximum absolute atomic E-state index is 13.9. The van der Waals surface area contributed by atoms with Crippen LogP contribution >= 0.6 is 0 Å². The second-order valence-corrected chi connectivity index (χ2v) is 4.80. The molecular weight excluding hydrogens is 239 g/mol. The molecule has 18 heavy (non-hydrogen) atoms. The van der Waals surface area contributed by atoms with Crippen LogP contribution in [0, 0.1) is 17.5 Å². The SMILES string of the molecule is CCCNC1CCCCc2c(F)cc(F)c(F)c21. The van der Waals surface area contributed by atoms with Crippen LogP contribution in [0.5, 0.6) is 0 Å². The highest BCUT2D eigenvalue weighted by Gasteiger charge is 2.26. The standard InChI is InChI=1S/C14H18F3N/c1-2-7-18-12-6-4-3-5-9-10(15)8-11(16)14(17)13(9)12/h8,12,18H,2-7H2,1H3. The lowest BCUT2D eigenvalue weighted by molar-refractivity contribution is 0.437. The topological polar surface area (TPSA) is 12.0 Å². The van der Waals surface area contributed by atoms with Gasteiger partial charge >= 0.3 is 0 Å². The van der Waals surface area contributed by atoms with E-state index >= 15 is 0 Å². The van der Waals surface area contributed by atoms with E-state index in [1.54, 1.807) is 0 Å². The first-order valence-corrected chi connectivity index (χ1v) is 6.54. The van der Waals surface area contributed by atoms with Gasteiger partial charge in [0, 0.05) is 17.7 Å². The Morgan fingerprint density at radius 1 is 1.22 bits per heavy atom. The molecule has 1 aromatic carbocycles. The first-order chi connectivity index (χ1) is 8.65. The van der Waals surface area contributed by atoms with Crippen LogP contribution in [-0.4, -0.2) is 6.54 Å². The molecule has 100 valence electrons. The number of fused-ring (bicyclic) bond motifs is 1. The van der Waals surface area contributed by atoms with Gasteiger partial charge in [-0.2, -0.15) is 0 Å². The molecule has 0 radical (unpaired) electrons. The van der Waals surface area contributed by atoms with Crippen molar-refractivity contribution in [2.45, 2.75) is 45.1 Å². The van der Waals surface area contributed by atoms with E-state index in [4.69, 9.17) is 0 Å². The van der Waals surface area contributed by atoms with E-state index in [0.717, 1.165) is 32.2 Å². The zero-order valence-corrected chi connectivity index (χ0v) is 10.5. The summed E-state index contributed by atoms with van der Waals surface area (Å²) >= 11 is 0.